The number of methoxy groups -OCH3 is 2. The summed E-state index contributed by atoms with van der Waals surface area (Å²) in [5.74, 6) is 1.00. The fraction of sp³-hybridized carbons (Fsp3) is 0.319. The standard InChI is InChI=1S/C47H48N8O6S2/c1-26(2)38(52-46(58)60-3)44(56)54-20-8-12-36(54)42-48-23-35(51-42)28-16-14-27(15-17-28)31-24-62-41-32(25-63-40(31)41)30-18-19-33-34(22-30)50-43(49-33)37-13-9-21-55(37)45(57)39(53-47(59)61-4)29-10-6-5-7-11-29/h5-7,10-11,14-19,22-26,36-39H,8-9,12-13,20-21H2,1-4H3,(H,48,51)(H,49,50)(H,52,58)(H,53,59)/t36-,37-,38-,39+/m0/s1. The minimum absolute atomic E-state index is 0.108. The third-order valence-electron chi connectivity index (χ3n) is 12.1. The molecule has 0 spiro atoms. The number of benzene rings is 3. The first-order chi connectivity index (χ1) is 30.6. The van der Waals surface area contributed by atoms with Crippen molar-refractivity contribution < 1.29 is 28.7 Å². The highest BCUT2D eigenvalue weighted by molar-refractivity contribution is 7.27. The van der Waals surface area contributed by atoms with Crippen molar-refractivity contribution in [1.29, 1.82) is 0 Å². The van der Waals surface area contributed by atoms with Crippen LogP contribution in [-0.2, 0) is 19.1 Å². The van der Waals surface area contributed by atoms with Gasteiger partial charge in [0, 0.05) is 46.7 Å². The molecule has 4 aromatic heterocycles. The molecule has 6 heterocycles. The third kappa shape index (κ3) is 8.16. The number of aromatic nitrogens is 4. The number of hydrogen-bond acceptors (Lipinski definition) is 10. The van der Waals surface area contributed by atoms with E-state index in [0.29, 0.717) is 18.7 Å². The number of alkyl carbamates (subject to hydrolysis) is 2. The van der Waals surface area contributed by atoms with Gasteiger partial charge in [-0.05, 0) is 60.4 Å². The molecule has 3 aromatic carbocycles. The van der Waals surface area contributed by atoms with Crippen LogP contribution in [-0.4, -0.2) is 87.1 Å². The lowest BCUT2D eigenvalue weighted by Gasteiger charge is -2.29. The first-order valence-corrected chi connectivity index (χ1v) is 22.9. The molecule has 2 aliphatic rings. The summed E-state index contributed by atoms with van der Waals surface area (Å²) in [5.41, 5.74) is 8.67. The Morgan fingerprint density at radius 3 is 2.00 bits per heavy atom. The topological polar surface area (TPSA) is 175 Å². The molecular formula is C47H48N8O6S2. The van der Waals surface area contributed by atoms with Crippen LogP contribution in [0.4, 0.5) is 9.59 Å². The summed E-state index contributed by atoms with van der Waals surface area (Å²) < 4.78 is 12.1. The van der Waals surface area contributed by atoms with Gasteiger partial charge in [0.1, 0.15) is 23.7 Å². The van der Waals surface area contributed by atoms with Gasteiger partial charge < -0.3 is 39.9 Å². The molecule has 4 amide bonds. The van der Waals surface area contributed by atoms with Crippen molar-refractivity contribution in [2.45, 2.75) is 63.7 Å². The number of nitrogens with zero attached hydrogens (tertiary/aromatic N) is 4. The number of rotatable bonds is 11. The fourth-order valence-corrected chi connectivity index (χ4v) is 11.3. The Kier molecular flexibility index (Phi) is 11.7. The van der Waals surface area contributed by atoms with E-state index >= 15 is 0 Å². The number of carbonyl (C=O) groups excluding carboxylic acids is 4. The van der Waals surface area contributed by atoms with Gasteiger partial charge in [-0.2, -0.15) is 0 Å². The van der Waals surface area contributed by atoms with Crippen LogP contribution in [0.5, 0.6) is 0 Å². The maximum Gasteiger partial charge on any atom is 0.407 e. The maximum atomic E-state index is 14.0. The first kappa shape index (κ1) is 41.8. The van der Waals surface area contributed by atoms with Gasteiger partial charge in [-0.15, -0.1) is 22.7 Å². The van der Waals surface area contributed by atoms with E-state index in [9.17, 15) is 19.2 Å². The first-order valence-electron chi connectivity index (χ1n) is 21.1. The number of aromatic amines is 2. The average Bonchev–Trinajstić information content (AvgIpc) is 4.17. The molecular weight excluding hydrogens is 837 g/mol. The number of hydrogen-bond donors (Lipinski definition) is 4. The number of imidazole rings is 2. The Bertz CT molecular complexity index is 2790. The highest BCUT2D eigenvalue weighted by atomic mass is 32.1. The molecule has 63 heavy (non-hydrogen) atoms. The summed E-state index contributed by atoms with van der Waals surface area (Å²) in [5, 5.41) is 9.87. The Balaban J connectivity index is 0.908. The summed E-state index contributed by atoms with van der Waals surface area (Å²) in [6.45, 7) is 4.96. The van der Waals surface area contributed by atoms with E-state index in [4.69, 9.17) is 19.4 Å². The summed E-state index contributed by atoms with van der Waals surface area (Å²) >= 11 is 3.45. The van der Waals surface area contributed by atoms with E-state index in [1.807, 2.05) is 60.2 Å². The van der Waals surface area contributed by atoms with Gasteiger partial charge >= 0.3 is 12.2 Å². The van der Waals surface area contributed by atoms with Crippen LogP contribution in [0.15, 0.2) is 89.8 Å². The van der Waals surface area contributed by atoms with Crippen LogP contribution in [0.25, 0.3) is 53.9 Å². The largest absolute Gasteiger partial charge is 0.453 e. The van der Waals surface area contributed by atoms with Crippen molar-refractivity contribution in [2.75, 3.05) is 27.3 Å². The molecule has 7 aromatic rings. The predicted molar refractivity (Wildman–Crippen MR) is 244 cm³/mol. The normalized spacial score (nSPS) is 17.3. The van der Waals surface area contributed by atoms with Crippen LogP contribution < -0.4 is 10.6 Å². The van der Waals surface area contributed by atoms with Crippen LogP contribution in [0.3, 0.4) is 0 Å². The molecule has 0 bridgehead atoms. The van der Waals surface area contributed by atoms with Gasteiger partial charge in [0.05, 0.1) is 52.4 Å². The van der Waals surface area contributed by atoms with Crippen LogP contribution in [0.1, 0.15) is 74.9 Å². The molecule has 324 valence electrons. The number of thiophene rings is 2. The molecule has 14 nitrogen and oxygen atoms in total. The maximum absolute atomic E-state index is 14.0. The van der Waals surface area contributed by atoms with Gasteiger partial charge in [0.25, 0.3) is 5.91 Å². The molecule has 2 fully saturated rings. The molecule has 0 unspecified atom stereocenters. The number of carbonyl (C=O) groups is 4. The van der Waals surface area contributed by atoms with Gasteiger partial charge in [0.2, 0.25) is 5.91 Å². The van der Waals surface area contributed by atoms with Crippen LogP contribution in [0, 0.1) is 5.92 Å². The average molecular weight is 885 g/mol. The van der Waals surface area contributed by atoms with Crippen molar-refractivity contribution >= 4 is 67.1 Å². The quantitative estimate of drug-likeness (QED) is 0.0994. The lowest BCUT2D eigenvalue weighted by molar-refractivity contribution is -0.135. The zero-order chi connectivity index (χ0) is 43.8. The third-order valence-corrected chi connectivity index (χ3v) is 14.3. The molecule has 2 saturated heterocycles. The van der Waals surface area contributed by atoms with E-state index in [0.717, 1.165) is 76.3 Å². The molecule has 0 aliphatic carbocycles. The zero-order valence-corrected chi connectivity index (χ0v) is 37.0. The predicted octanol–water partition coefficient (Wildman–Crippen LogP) is 9.37. The second kappa shape index (κ2) is 17.7. The van der Waals surface area contributed by atoms with Crippen LogP contribution in [0.2, 0.25) is 0 Å². The van der Waals surface area contributed by atoms with Gasteiger partial charge in [-0.25, -0.2) is 19.6 Å². The Morgan fingerprint density at radius 2 is 1.33 bits per heavy atom. The molecule has 9 rings (SSSR count). The van der Waals surface area contributed by atoms with E-state index in [2.05, 4.69) is 73.8 Å². The highest BCUT2D eigenvalue weighted by Gasteiger charge is 2.39. The van der Waals surface area contributed by atoms with Crippen molar-refractivity contribution in [2.24, 2.45) is 5.92 Å². The Hall–Kier alpha value is -6.52. The minimum Gasteiger partial charge on any atom is -0.453 e. The smallest absolute Gasteiger partial charge is 0.407 e. The minimum atomic E-state index is -0.883. The van der Waals surface area contributed by atoms with E-state index in [1.54, 1.807) is 22.7 Å². The molecule has 4 N–H and O–H groups in total. The molecule has 0 saturated carbocycles. The van der Waals surface area contributed by atoms with Gasteiger partial charge in [-0.3, -0.25) is 9.59 Å². The SMILES string of the molecule is COC(=O)N[C@H](C(=O)N1CCC[C@H]1c1nc(-c2ccc(-c3csc4c(-c5ccc6[nH]c([C@@H]7CCCN7C(=O)[C@H](NC(=O)OC)c7ccccc7)nc6c5)csc34)cc2)c[nH]1)C(C)C. The fourth-order valence-electron chi connectivity index (χ4n) is 8.83. The molecule has 0 radical (unpaired) electrons. The van der Waals surface area contributed by atoms with E-state index < -0.39 is 24.3 Å². The van der Waals surface area contributed by atoms with E-state index in [1.165, 1.54) is 29.2 Å². The summed E-state index contributed by atoms with van der Waals surface area (Å²) in [6, 6.07) is 21.9. The molecule has 2 aliphatic heterocycles. The van der Waals surface area contributed by atoms with Crippen molar-refractivity contribution in [3.63, 3.8) is 0 Å². The number of H-pyrrole nitrogens is 2. The van der Waals surface area contributed by atoms with Gasteiger partial charge in [-0.1, -0.05) is 74.5 Å². The van der Waals surface area contributed by atoms with Crippen LogP contribution >= 0.6 is 22.7 Å². The van der Waals surface area contributed by atoms with Gasteiger partial charge in [0.15, 0.2) is 0 Å². The Labute approximate surface area is 372 Å². The van der Waals surface area contributed by atoms with Crippen molar-refractivity contribution in [3.05, 3.63) is 107 Å². The molecule has 16 heteroatoms. The number of fused-ring (bicyclic) bond motifs is 2. The monoisotopic (exact) mass is 884 g/mol. The Morgan fingerprint density at radius 1 is 0.730 bits per heavy atom. The lowest BCUT2D eigenvalue weighted by Crippen LogP contribution is -2.51. The zero-order valence-electron chi connectivity index (χ0n) is 35.3. The summed E-state index contributed by atoms with van der Waals surface area (Å²) in [6.07, 6.45) is 3.80. The second-order valence-electron chi connectivity index (χ2n) is 16.3. The second-order valence-corrected chi connectivity index (χ2v) is 18.0. The summed E-state index contributed by atoms with van der Waals surface area (Å²) in [4.78, 5) is 72.4. The highest BCUT2D eigenvalue weighted by Crippen LogP contribution is 2.45. The number of nitrogens with one attached hydrogen (secondary N) is 4. The lowest BCUT2D eigenvalue weighted by atomic mass is 10.0. The van der Waals surface area contributed by atoms with Crippen molar-refractivity contribution in [3.8, 4) is 33.5 Å². The van der Waals surface area contributed by atoms with E-state index in [-0.39, 0.29) is 29.8 Å². The van der Waals surface area contributed by atoms with Crippen molar-refractivity contribution in [1.82, 2.24) is 40.4 Å². The number of amides is 4. The molecule has 4 atom stereocenters. The summed E-state index contributed by atoms with van der Waals surface area (Å²) in [7, 11) is 2.58. The number of ether oxygens (including phenoxy) is 2. The number of likely N-dealkylation sites (tertiary alicyclic amines) is 2.